The molecule has 0 radical (unpaired) electrons. The van der Waals surface area contributed by atoms with Gasteiger partial charge in [0, 0.05) is 30.0 Å². The lowest BCUT2D eigenvalue weighted by Gasteiger charge is -2.28. The summed E-state index contributed by atoms with van der Waals surface area (Å²) in [4.78, 5) is 38.7. The van der Waals surface area contributed by atoms with E-state index < -0.39 is 67.1 Å². The van der Waals surface area contributed by atoms with E-state index in [1.807, 2.05) is 6.07 Å². The number of anilines is 3. The van der Waals surface area contributed by atoms with Crippen molar-refractivity contribution in [3.63, 3.8) is 0 Å². The number of carbonyl (C=O) groups is 3. The lowest BCUT2D eigenvalue weighted by molar-refractivity contribution is -0.143. The van der Waals surface area contributed by atoms with Crippen LogP contribution < -0.4 is 21.3 Å². The van der Waals surface area contributed by atoms with Crippen molar-refractivity contribution in [3.8, 4) is 6.07 Å². The van der Waals surface area contributed by atoms with Gasteiger partial charge in [-0.3, -0.25) is 14.4 Å². The van der Waals surface area contributed by atoms with Gasteiger partial charge in [-0.1, -0.05) is 18.2 Å². The monoisotopic (exact) mass is 523 g/mol. The molecule has 0 aromatic heterocycles. The molecule has 2 atom stereocenters. The van der Waals surface area contributed by atoms with Crippen LogP contribution in [0.5, 0.6) is 0 Å². The van der Waals surface area contributed by atoms with Crippen molar-refractivity contribution in [2.24, 2.45) is 11.7 Å². The first-order valence-electron chi connectivity index (χ1n) is 11.0. The summed E-state index contributed by atoms with van der Waals surface area (Å²) in [7, 11) is 0. The maximum Gasteiger partial charge on any atom is 0.389 e. The van der Waals surface area contributed by atoms with Gasteiger partial charge in [-0.15, -0.1) is 0 Å². The van der Waals surface area contributed by atoms with Crippen molar-refractivity contribution in [1.29, 1.82) is 5.26 Å². The molecule has 2 aromatic rings. The van der Waals surface area contributed by atoms with Gasteiger partial charge in [0.1, 0.15) is 6.04 Å². The van der Waals surface area contributed by atoms with Gasteiger partial charge in [0.15, 0.2) is 0 Å². The molecule has 3 amide bonds. The zero-order valence-corrected chi connectivity index (χ0v) is 19.2. The molecule has 0 bridgehead atoms. The van der Waals surface area contributed by atoms with Crippen LogP contribution in [0.3, 0.4) is 0 Å². The molecule has 1 heterocycles. The highest BCUT2D eigenvalue weighted by Crippen LogP contribution is 2.40. The van der Waals surface area contributed by atoms with E-state index in [0.29, 0.717) is 5.69 Å². The molecule has 37 heavy (non-hydrogen) atoms. The van der Waals surface area contributed by atoms with Crippen LogP contribution in [0.15, 0.2) is 42.5 Å². The Morgan fingerprint density at radius 3 is 2.54 bits per heavy atom. The van der Waals surface area contributed by atoms with E-state index in [-0.39, 0.29) is 23.5 Å². The molecular weight excluding hydrogens is 501 g/mol. The summed E-state index contributed by atoms with van der Waals surface area (Å²) in [6.07, 6.45) is -10.3. The lowest BCUT2D eigenvalue weighted by atomic mass is 9.97. The Bertz CT molecular complexity index is 1230. The number of nitrogens with zero attached hydrogens (tertiary/aromatic N) is 2. The average Bonchev–Trinajstić information content (AvgIpc) is 2.96. The first-order chi connectivity index (χ1) is 17.4. The summed E-state index contributed by atoms with van der Waals surface area (Å²) in [6, 6.07) is 10.5. The Morgan fingerprint density at radius 1 is 1.22 bits per heavy atom. The van der Waals surface area contributed by atoms with E-state index in [4.69, 9.17) is 5.73 Å². The molecular formula is C24H22F5N5O3. The molecule has 0 aliphatic carbocycles. The fourth-order valence-corrected chi connectivity index (χ4v) is 3.97. The third kappa shape index (κ3) is 6.93. The third-order valence-corrected chi connectivity index (χ3v) is 5.73. The number of alkyl halides is 5. The number of para-hydroxylation sites is 1. The van der Waals surface area contributed by atoms with Crippen LogP contribution in [0.1, 0.15) is 36.8 Å². The molecule has 0 saturated carbocycles. The molecule has 3 rings (SSSR count). The largest absolute Gasteiger partial charge is 0.389 e. The number of benzene rings is 2. The van der Waals surface area contributed by atoms with E-state index in [2.05, 4.69) is 10.6 Å². The number of nitrogens with one attached hydrogen (secondary N) is 2. The van der Waals surface area contributed by atoms with Crippen molar-refractivity contribution < 1.29 is 36.3 Å². The molecule has 0 fully saturated rings. The van der Waals surface area contributed by atoms with Gasteiger partial charge >= 0.3 is 6.18 Å². The molecule has 0 spiro atoms. The first-order valence-corrected chi connectivity index (χ1v) is 11.0. The average molecular weight is 523 g/mol. The molecule has 1 aliphatic rings. The number of hydrogen-bond acceptors (Lipinski definition) is 5. The summed E-state index contributed by atoms with van der Waals surface area (Å²) < 4.78 is 65.8. The summed E-state index contributed by atoms with van der Waals surface area (Å²) in [5, 5.41) is 14.0. The number of amides is 3. The van der Waals surface area contributed by atoms with Crippen LogP contribution in [0, 0.1) is 17.2 Å². The quantitative estimate of drug-likeness (QED) is 0.452. The van der Waals surface area contributed by atoms with E-state index in [0.717, 1.165) is 6.07 Å². The molecule has 13 heteroatoms. The predicted octanol–water partition coefficient (Wildman–Crippen LogP) is 3.90. The molecule has 8 nitrogen and oxygen atoms in total. The van der Waals surface area contributed by atoms with Crippen LogP contribution in [0.25, 0.3) is 0 Å². The van der Waals surface area contributed by atoms with E-state index in [1.165, 1.54) is 35.2 Å². The lowest BCUT2D eigenvalue weighted by Crippen LogP contribution is -2.50. The number of primary amides is 1. The summed E-state index contributed by atoms with van der Waals surface area (Å²) >= 11 is 0. The smallest absolute Gasteiger partial charge is 0.370 e. The highest BCUT2D eigenvalue weighted by atomic mass is 19.4. The van der Waals surface area contributed by atoms with Crippen molar-refractivity contribution in [3.05, 3.63) is 53.6 Å². The minimum atomic E-state index is -4.59. The van der Waals surface area contributed by atoms with E-state index >= 15 is 0 Å². The van der Waals surface area contributed by atoms with Crippen LogP contribution in [-0.2, 0) is 14.4 Å². The van der Waals surface area contributed by atoms with Gasteiger partial charge in [0.05, 0.1) is 29.6 Å². The van der Waals surface area contributed by atoms with Crippen molar-refractivity contribution >= 4 is 34.8 Å². The summed E-state index contributed by atoms with van der Waals surface area (Å²) in [5.41, 5.74) is 5.13. The Hall–Kier alpha value is -4.21. The zero-order valence-electron chi connectivity index (χ0n) is 19.2. The van der Waals surface area contributed by atoms with Gasteiger partial charge in [-0.05, 0) is 30.7 Å². The highest BCUT2D eigenvalue weighted by molar-refractivity contribution is 6.03. The van der Waals surface area contributed by atoms with Crippen LogP contribution in [0.4, 0.5) is 39.0 Å². The second-order valence-corrected chi connectivity index (χ2v) is 8.39. The fourth-order valence-electron chi connectivity index (χ4n) is 3.97. The SMILES string of the molecule is N#Cc1cccc(N2CC(NC(=O)C(CCC(F)(F)F)CC(N)=O)C(=O)Nc3c(C(F)F)cccc32)c1. The topological polar surface area (TPSA) is 128 Å². The van der Waals surface area contributed by atoms with Crippen LogP contribution in [0.2, 0.25) is 0 Å². The van der Waals surface area contributed by atoms with Crippen molar-refractivity contribution in [2.45, 2.75) is 37.9 Å². The molecule has 1 aliphatic heterocycles. The maximum absolute atomic E-state index is 13.8. The number of nitrogens with two attached hydrogens (primary N) is 1. The number of nitriles is 1. The number of hydrogen-bond donors (Lipinski definition) is 3. The Kier molecular flexibility index (Phi) is 8.31. The van der Waals surface area contributed by atoms with Gasteiger partial charge < -0.3 is 21.3 Å². The fraction of sp³-hybridized carbons (Fsp3) is 0.333. The Labute approximate surface area is 208 Å². The number of halogens is 5. The minimum absolute atomic E-state index is 0.156. The van der Waals surface area contributed by atoms with Crippen LogP contribution >= 0.6 is 0 Å². The number of rotatable bonds is 8. The minimum Gasteiger partial charge on any atom is -0.370 e. The Morgan fingerprint density at radius 2 is 1.92 bits per heavy atom. The molecule has 2 unspecified atom stereocenters. The van der Waals surface area contributed by atoms with E-state index in [9.17, 15) is 41.6 Å². The number of fused-ring (bicyclic) bond motifs is 1. The molecule has 2 aromatic carbocycles. The predicted molar refractivity (Wildman–Crippen MR) is 123 cm³/mol. The summed E-state index contributed by atoms with van der Waals surface area (Å²) in [5.74, 6) is -4.38. The Balaban J connectivity index is 1.99. The third-order valence-electron chi connectivity index (χ3n) is 5.73. The van der Waals surface area contributed by atoms with Crippen molar-refractivity contribution in [1.82, 2.24) is 5.32 Å². The standard InChI is InChI=1S/C24H22F5N5O3/c25-21(26)16-5-2-6-18-20(16)33-23(37)17(12-34(18)15-4-1-3-13(9-15)11-30)32-22(36)14(10-19(31)35)7-8-24(27,28)29/h1-6,9,14,17,21H,7-8,10,12H2,(H2,31,35)(H,32,36)(H,33,37). The van der Waals surface area contributed by atoms with Gasteiger partial charge in [-0.2, -0.15) is 18.4 Å². The first kappa shape index (κ1) is 27.4. The second kappa shape index (κ2) is 11.2. The van der Waals surface area contributed by atoms with Gasteiger partial charge in [-0.25, -0.2) is 8.78 Å². The van der Waals surface area contributed by atoms with Crippen LogP contribution in [-0.4, -0.2) is 36.5 Å². The molecule has 0 saturated heterocycles. The molecule has 4 N–H and O–H groups in total. The van der Waals surface area contributed by atoms with Gasteiger partial charge in [0.2, 0.25) is 17.7 Å². The maximum atomic E-state index is 13.8. The number of carbonyl (C=O) groups excluding carboxylic acids is 3. The van der Waals surface area contributed by atoms with Gasteiger partial charge in [0.25, 0.3) is 6.43 Å². The van der Waals surface area contributed by atoms with Crippen molar-refractivity contribution in [2.75, 3.05) is 16.8 Å². The normalized spacial score (nSPS) is 16.3. The molecule has 196 valence electrons. The second-order valence-electron chi connectivity index (χ2n) is 8.39. The zero-order chi connectivity index (χ0) is 27.3. The summed E-state index contributed by atoms with van der Waals surface area (Å²) in [6.45, 7) is -0.311. The highest BCUT2D eigenvalue weighted by Gasteiger charge is 2.36. The van der Waals surface area contributed by atoms with E-state index in [1.54, 1.807) is 6.07 Å².